The smallest absolute Gasteiger partial charge is 0.180 e. The van der Waals surface area contributed by atoms with Crippen LogP contribution in [0.3, 0.4) is 0 Å². The molecule has 0 saturated heterocycles. The zero-order chi connectivity index (χ0) is 38.3. The van der Waals surface area contributed by atoms with Crippen molar-refractivity contribution < 1.29 is 26.3 Å². The van der Waals surface area contributed by atoms with Gasteiger partial charge in [-0.1, -0.05) is 109 Å². The first-order chi connectivity index (χ1) is 27.2. The lowest BCUT2D eigenvalue weighted by Crippen LogP contribution is -2.75. The second kappa shape index (κ2) is 12.5. The second-order valence-corrected chi connectivity index (χ2v) is 18.3. The van der Waals surface area contributed by atoms with Gasteiger partial charge in [-0.25, -0.2) is 26.3 Å². The van der Waals surface area contributed by atoms with Crippen LogP contribution in [0, 0.1) is 34.9 Å². The van der Waals surface area contributed by atoms with E-state index >= 15 is 26.3 Å². The summed E-state index contributed by atoms with van der Waals surface area (Å²) in [6.45, 7) is 0. The van der Waals surface area contributed by atoms with Crippen LogP contribution in [0.5, 0.6) is 0 Å². The lowest BCUT2D eigenvalue weighted by atomic mass is 9.70. The van der Waals surface area contributed by atoms with Gasteiger partial charge in [0.2, 0.25) is 0 Å². The molecule has 0 aromatic heterocycles. The van der Waals surface area contributed by atoms with Gasteiger partial charge in [0.15, 0.2) is 8.07 Å². The third kappa shape index (κ3) is 4.87. The van der Waals surface area contributed by atoms with Crippen molar-refractivity contribution in [1.29, 1.82) is 0 Å². The lowest BCUT2D eigenvalue weighted by Gasteiger charge is -2.34. The Balaban J connectivity index is 1.20. The predicted octanol–water partition coefficient (Wildman–Crippen LogP) is 9.91. The maximum absolute atomic E-state index is 15.1. The van der Waals surface area contributed by atoms with Crippen molar-refractivity contribution in [3.63, 3.8) is 0 Å². The molecule has 270 valence electrons. The summed E-state index contributed by atoms with van der Waals surface area (Å²) < 4.78 is 90.7. The zero-order valence-corrected chi connectivity index (χ0v) is 30.4. The molecule has 56 heavy (non-hydrogen) atoms. The molecule has 8 aromatic rings. The minimum atomic E-state index is -4.22. The summed E-state index contributed by atoms with van der Waals surface area (Å²) in [6.07, 6.45) is 0. The van der Waals surface area contributed by atoms with Crippen LogP contribution in [0.4, 0.5) is 26.3 Å². The van der Waals surface area contributed by atoms with Crippen LogP contribution in [0.2, 0.25) is 0 Å². The molecule has 7 heteroatoms. The highest BCUT2D eigenvalue weighted by Crippen LogP contribution is 2.62. The molecule has 0 amide bonds. The van der Waals surface area contributed by atoms with Crippen molar-refractivity contribution >= 4 is 28.8 Å². The third-order valence-corrected chi connectivity index (χ3v) is 16.2. The van der Waals surface area contributed by atoms with Crippen molar-refractivity contribution in [3.05, 3.63) is 227 Å². The van der Waals surface area contributed by atoms with Crippen LogP contribution >= 0.6 is 0 Å². The molecule has 0 N–H and O–H groups in total. The molecule has 2 aliphatic carbocycles. The highest BCUT2D eigenvalue weighted by molar-refractivity contribution is 7.19. The first kappa shape index (κ1) is 34.1. The largest absolute Gasteiger partial charge is 0.207 e. The van der Waals surface area contributed by atoms with Gasteiger partial charge in [0.1, 0.15) is 34.9 Å². The quantitative estimate of drug-likeness (QED) is 0.0932. The van der Waals surface area contributed by atoms with E-state index in [4.69, 9.17) is 0 Å². The number of benzene rings is 8. The molecule has 0 heterocycles. The summed E-state index contributed by atoms with van der Waals surface area (Å²) >= 11 is 0. The molecule has 0 radical (unpaired) electrons. The number of fused-ring (bicyclic) bond motifs is 10. The van der Waals surface area contributed by atoms with Crippen molar-refractivity contribution in [3.8, 4) is 33.4 Å². The van der Waals surface area contributed by atoms with Gasteiger partial charge in [-0.2, -0.15) is 0 Å². The molecule has 10 rings (SSSR count). The Hall–Kier alpha value is -6.44. The topological polar surface area (TPSA) is 0 Å². The number of rotatable bonds is 5. The summed E-state index contributed by atoms with van der Waals surface area (Å²) in [5.74, 6) is -5.64. The first-order valence-electron chi connectivity index (χ1n) is 18.1. The average Bonchev–Trinajstić information content (AvgIpc) is 3.65. The second-order valence-electron chi connectivity index (χ2n) is 14.4. The Morgan fingerprint density at radius 1 is 0.286 bits per heavy atom. The standard InChI is InChI=1S/C49H28F6Si/c50-31-20-32(51)24-38(23-31)56(39-25-33(52)21-34(53)26-39,40-27-35(54)22-36(55)28-40)37-16-13-29(14-17-37)30-15-18-44-43-9-3-6-12-47(43)49(48(44)19-30)45-10-4-1-7-41(45)42-8-2-5-11-46(42)49/h1-28H. The maximum Gasteiger partial charge on any atom is 0.180 e. The number of hydrogen-bond acceptors (Lipinski definition) is 0. The molecule has 2 aliphatic rings. The summed E-state index contributed by atoms with van der Waals surface area (Å²) in [5, 5.41) is 0.473. The minimum absolute atomic E-state index is 0.0218. The van der Waals surface area contributed by atoms with Crippen LogP contribution in [-0.2, 0) is 5.41 Å². The molecule has 1 spiro atoms. The predicted molar refractivity (Wildman–Crippen MR) is 212 cm³/mol. The normalized spacial score (nSPS) is 13.3. The van der Waals surface area contributed by atoms with Crippen LogP contribution in [0.15, 0.2) is 170 Å². The molecular weight excluding hydrogens is 731 g/mol. The van der Waals surface area contributed by atoms with Gasteiger partial charge in [0.05, 0.1) is 5.41 Å². The molecular formula is C49H28F6Si. The summed E-state index contributed by atoms with van der Waals surface area (Å²) in [4.78, 5) is 0. The van der Waals surface area contributed by atoms with Gasteiger partial charge in [0.25, 0.3) is 0 Å². The fraction of sp³-hybridized carbons (Fsp3) is 0.0204. The van der Waals surface area contributed by atoms with E-state index in [1.54, 1.807) is 12.1 Å². The summed E-state index contributed by atoms with van der Waals surface area (Å²) in [6, 6.07) is 47.5. The monoisotopic (exact) mass is 758 g/mol. The van der Waals surface area contributed by atoms with E-state index in [2.05, 4.69) is 84.9 Å². The summed E-state index contributed by atoms with van der Waals surface area (Å²) in [7, 11) is -4.22. The van der Waals surface area contributed by atoms with Crippen LogP contribution < -0.4 is 20.7 Å². The van der Waals surface area contributed by atoms with Gasteiger partial charge in [-0.15, -0.1) is 0 Å². The lowest BCUT2D eigenvalue weighted by molar-refractivity contribution is 0.585. The molecule has 0 saturated carbocycles. The van der Waals surface area contributed by atoms with E-state index < -0.39 is 48.4 Å². The minimum Gasteiger partial charge on any atom is -0.207 e. The van der Waals surface area contributed by atoms with Gasteiger partial charge in [0, 0.05) is 18.2 Å². The molecule has 0 atom stereocenters. The van der Waals surface area contributed by atoms with Crippen LogP contribution in [-0.4, -0.2) is 8.07 Å². The van der Waals surface area contributed by atoms with Crippen LogP contribution in [0.1, 0.15) is 22.3 Å². The Bertz CT molecular complexity index is 2650. The van der Waals surface area contributed by atoms with Gasteiger partial charge in [-0.05, 0) is 119 Å². The summed E-state index contributed by atoms with van der Waals surface area (Å²) in [5.41, 5.74) is 10.5. The van der Waals surface area contributed by atoms with E-state index in [0.717, 1.165) is 64.2 Å². The third-order valence-electron chi connectivity index (χ3n) is 11.5. The molecule has 0 fully saturated rings. The van der Waals surface area contributed by atoms with Crippen molar-refractivity contribution in [1.82, 2.24) is 0 Å². The molecule has 0 bridgehead atoms. The fourth-order valence-corrected chi connectivity index (χ4v) is 14.3. The highest BCUT2D eigenvalue weighted by Gasteiger charge is 2.51. The Kier molecular flexibility index (Phi) is 7.63. The number of hydrogen-bond donors (Lipinski definition) is 0. The van der Waals surface area contributed by atoms with E-state index in [9.17, 15) is 0 Å². The molecule has 8 aromatic carbocycles. The van der Waals surface area contributed by atoms with E-state index in [-0.39, 0.29) is 15.6 Å². The van der Waals surface area contributed by atoms with Crippen molar-refractivity contribution in [2.75, 3.05) is 0 Å². The number of halogens is 6. The molecule has 0 nitrogen and oxygen atoms in total. The Labute approximate surface area is 320 Å². The van der Waals surface area contributed by atoms with Gasteiger partial charge in [-0.3, -0.25) is 0 Å². The van der Waals surface area contributed by atoms with Gasteiger partial charge < -0.3 is 0 Å². The highest BCUT2D eigenvalue weighted by atomic mass is 28.3. The fourth-order valence-electron chi connectivity index (χ4n) is 9.50. The van der Waals surface area contributed by atoms with E-state index in [0.29, 0.717) is 23.4 Å². The zero-order valence-electron chi connectivity index (χ0n) is 29.4. The Morgan fingerprint density at radius 2 is 0.625 bits per heavy atom. The average molecular weight is 759 g/mol. The van der Waals surface area contributed by atoms with E-state index in [1.807, 2.05) is 18.2 Å². The SMILES string of the molecule is Fc1cc(F)cc([Si](c2ccc(-c3ccc4c(c3)C3(c5ccccc5-c5ccccc53)c3ccccc3-4)cc2)(c2cc(F)cc(F)c2)c2cc(F)cc(F)c2)c1. The van der Waals surface area contributed by atoms with Crippen molar-refractivity contribution in [2.45, 2.75) is 5.41 Å². The Morgan fingerprint density at radius 3 is 1.02 bits per heavy atom. The maximum atomic E-state index is 15.1. The van der Waals surface area contributed by atoms with E-state index in [1.165, 1.54) is 27.8 Å². The molecule has 0 aliphatic heterocycles. The molecule has 0 unspecified atom stereocenters. The van der Waals surface area contributed by atoms with Gasteiger partial charge >= 0.3 is 0 Å². The van der Waals surface area contributed by atoms with Crippen LogP contribution in [0.25, 0.3) is 33.4 Å². The first-order valence-corrected chi connectivity index (χ1v) is 20.1. The van der Waals surface area contributed by atoms with Crippen molar-refractivity contribution in [2.24, 2.45) is 0 Å².